The third-order valence-electron chi connectivity index (χ3n) is 3.75. The second-order valence-electron chi connectivity index (χ2n) is 6.03. The van der Waals surface area contributed by atoms with Crippen molar-refractivity contribution in [1.82, 2.24) is 0 Å². The van der Waals surface area contributed by atoms with E-state index in [1.54, 1.807) is 0 Å². The van der Waals surface area contributed by atoms with Crippen LogP contribution in [0, 0.1) is 0 Å². The fraction of sp³-hybridized carbons (Fsp3) is 1.00. The van der Waals surface area contributed by atoms with Crippen LogP contribution < -0.4 is 0 Å². The number of hydrogen-bond donors (Lipinski definition) is 0. The van der Waals surface area contributed by atoms with Crippen LogP contribution in [-0.2, 0) is 37.9 Å². The lowest BCUT2D eigenvalue weighted by Crippen LogP contribution is -2.24. The van der Waals surface area contributed by atoms with Gasteiger partial charge in [0.1, 0.15) is 0 Å². The Morgan fingerprint density at radius 1 is 0.571 bits per heavy atom. The second-order valence-corrected chi connectivity index (χ2v) is 6.41. The minimum atomic E-state index is -0.0527. The zero-order valence-electron chi connectivity index (χ0n) is 16.9. The molecule has 1 unspecified atom stereocenters. The smallest absolute Gasteiger partial charge is 0.157 e. The molecule has 9 heteroatoms. The molecule has 0 aromatic heterocycles. The number of halogens is 1. The normalized spacial score (nSPS) is 17.2. The average Bonchev–Trinajstić information content (AvgIpc) is 2.73. The van der Waals surface area contributed by atoms with Crippen LogP contribution in [0.3, 0.4) is 0 Å². The van der Waals surface area contributed by atoms with Gasteiger partial charge in [-0.25, -0.2) is 0 Å². The molecule has 0 saturated carbocycles. The van der Waals surface area contributed by atoms with Crippen molar-refractivity contribution >= 4 is 11.6 Å². The average molecular weight is 429 g/mol. The molecule has 1 saturated heterocycles. The van der Waals surface area contributed by atoms with Gasteiger partial charge in [-0.1, -0.05) is 0 Å². The second kappa shape index (κ2) is 21.7. The van der Waals surface area contributed by atoms with E-state index in [-0.39, 0.29) is 6.29 Å². The monoisotopic (exact) mass is 428 g/mol. The molecule has 168 valence electrons. The number of rotatable bonds is 21. The van der Waals surface area contributed by atoms with Gasteiger partial charge in [0.2, 0.25) is 0 Å². The van der Waals surface area contributed by atoms with Crippen LogP contribution in [0.1, 0.15) is 19.3 Å². The van der Waals surface area contributed by atoms with Gasteiger partial charge < -0.3 is 37.9 Å². The highest BCUT2D eigenvalue weighted by Crippen LogP contribution is 2.13. The Morgan fingerprint density at radius 3 is 1.39 bits per heavy atom. The van der Waals surface area contributed by atoms with Crippen molar-refractivity contribution in [3.63, 3.8) is 0 Å². The molecule has 0 spiro atoms. The quantitative estimate of drug-likeness (QED) is 0.202. The summed E-state index contributed by atoms with van der Waals surface area (Å²) in [7, 11) is 0. The Balaban J connectivity index is 1.64. The Labute approximate surface area is 174 Å². The molecule has 1 heterocycles. The SMILES string of the molecule is ClCCOCCOCCOCCOCCOCCOCCOC1CCCCO1. The number of alkyl halides is 1. The van der Waals surface area contributed by atoms with Crippen molar-refractivity contribution in [2.45, 2.75) is 25.6 Å². The van der Waals surface area contributed by atoms with Gasteiger partial charge in [0.25, 0.3) is 0 Å². The molecule has 1 fully saturated rings. The molecule has 8 nitrogen and oxygen atoms in total. The van der Waals surface area contributed by atoms with E-state index in [0.717, 1.165) is 19.4 Å². The van der Waals surface area contributed by atoms with E-state index < -0.39 is 0 Å². The summed E-state index contributed by atoms with van der Waals surface area (Å²) in [6.07, 6.45) is 3.23. The van der Waals surface area contributed by atoms with Crippen LogP contribution >= 0.6 is 11.6 Å². The van der Waals surface area contributed by atoms with Crippen molar-refractivity contribution < 1.29 is 37.9 Å². The van der Waals surface area contributed by atoms with E-state index in [9.17, 15) is 0 Å². The number of hydrogen-bond acceptors (Lipinski definition) is 8. The van der Waals surface area contributed by atoms with E-state index in [1.807, 2.05) is 0 Å². The maximum atomic E-state index is 5.58. The van der Waals surface area contributed by atoms with E-state index >= 15 is 0 Å². The molecule has 1 aliphatic heterocycles. The van der Waals surface area contributed by atoms with E-state index in [2.05, 4.69) is 0 Å². The highest BCUT2D eigenvalue weighted by Gasteiger charge is 2.13. The Kier molecular flexibility index (Phi) is 20.1. The molecule has 0 aromatic carbocycles. The van der Waals surface area contributed by atoms with Crippen LogP contribution in [0.25, 0.3) is 0 Å². The zero-order valence-corrected chi connectivity index (χ0v) is 17.7. The van der Waals surface area contributed by atoms with Crippen LogP contribution in [0.15, 0.2) is 0 Å². The lowest BCUT2D eigenvalue weighted by atomic mass is 10.2. The van der Waals surface area contributed by atoms with Crippen molar-refractivity contribution in [2.75, 3.05) is 98.4 Å². The first kappa shape index (κ1) is 26.0. The Bertz CT molecular complexity index is 306. The van der Waals surface area contributed by atoms with E-state index in [4.69, 9.17) is 49.5 Å². The summed E-state index contributed by atoms with van der Waals surface area (Å²) < 4.78 is 43.3. The standard InChI is InChI=1S/C19H37ClO8/c20-4-6-21-7-8-22-9-10-23-11-12-24-13-14-25-15-16-26-17-18-28-19-3-1-2-5-27-19/h19H,1-18H2. The Hall–Kier alpha value is -0.0300. The molecule has 0 aliphatic carbocycles. The van der Waals surface area contributed by atoms with Gasteiger partial charge in [0.05, 0.1) is 85.9 Å². The van der Waals surface area contributed by atoms with Gasteiger partial charge in [0, 0.05) is 12.5 Å². The number of ether oxygens (including phenoxy) is 8. The maximum absolute atomic E-state index is 5.58. The molecular formula is C19H37ClO8. The summed E-state index contributed by atoms with van der Waals surface area (Å²) in [5.74, 6) is 0.508. The summed E-state index contributed by atoms with van der Waals surface area (Å²) in [6.45, 7) is 7.94. The summed E-state index contributed by atoms with van der Waals surface area (Å²) in [6, 6.07) is 0. The van der Waals surface area contributed by atoms with Crippen molar-refractivity contribution in [3.8, 4) is 0 Å². The minimum absolute atomic E-state index is 0.0527. The van der Waals surface area contributed by atoms with Gasteiger partial charge in [-0.05, 0) is 19.3 Å². The van der Waals surface area contributed by atoms with Gasteiger partial charge in [0.15, 0.2) is 6.29 Å². The van der Waals surface area contributed by atoms with Crippen LogP contribution in [0.5, 0.6) is 0 Å². The van der Waals surface area contributed by atoms with E-state index in [1.165, 1.54) is 6.42 Å². The highest BCUT2D eigenvalue weighted by atomic mass is 35.5. The molecule has 0 amide bonds. The third kappa shape index (κ3) is 18.0. The molecule has 0 radical (unpaired) electrons. The van der Waals surface area contributed by atoms with Gasteiger partial charge in [-0.15, -0.1) is 11.6 Å². The first-order chi connectivity index (χ1) is 13.9. The molecule has 1 atom stereocenters. The van der Waals surface area contributed by atoms with Gasteiger partial charge in [-0.2, -0.15) is 0 Å². The van der Waals surface area contributed by atoms with Crippen LogP contribution in [0.4, 0.5) is 0 Å². The lowest BCUT2D eigenvalue weighted by Gasteiger charge is -2.22. The lowest BCUT2D eigenvalue weighted by molar-refractivity contribution is -0.169. The third-order valence-corrected chi connectivity index (χ3v) is 3.91. The molecule has 0 aromatic rings. The van der Waals surface area contributed by atoms with Crippen molar-refractivity contribution in [1.29, 1.82) is 0 Å². The van der Waals surface area contributed by atoms with Gasteiger partial charge in [-0.3, -0.25) is 0 Å². The van der Waals surface area contributed by atoms with Crippen molar-refractivity contribution in [3.05, 3.63) is 0 Å². The van der Waals surface area contributed by atoms with E-state index in [0.29, 0.717) is 91.8 Å². The molecule has 0 N–H and O–H groups in total. The topological polar surface area (TPSA) is 73.8 Å². The molecular weight excluding hydrogens is 392 g/mol. The van der Waals surface area contributed by atoms with Crippen LogP contribution in [-0.4, -0.2) is 105 Å². The minimum Gasteiger partial charge on any atom is -0.378 e. The predicted octanol–water partition coefficient (Wildman–Crippen LogP) is 1.87. The largest absolute Gasteiger partial charge is 0.378 e. The molecule has 0 bridgehead atoms. The predicted molar refractivity (Wildman–Crippen MR) is 105 cm³/mol. The van der Waals surface area contributed by atoms with Gasteiger partial charge >= 0.3 is 0 Å². The molecule has 28 heavy (non-hydrogen) atoms. The maximum Gasteiger partial charge on any atom is 0.157 e. The highest BCUT2D eigenvalue weighted by molar-refractivity contribution is 6.17. The fourth-order valence-electron chi connectivity index (χ4n) is 2.34. The summed E-state index contributed by atoms with van der Waals surface area (Å²) in [5, 5.41) is 0. The first-order valence-electron chi connectivity index (χ1n) is 10.2. The fourth-order valence-corrected chi connectivity index (χ4v) is 2.45. The van der Waals surface area contributed by atoms with Crippen molar-refractivity contribution in [2.24, 2.45) is 0 Å². The molecule has 1 aliphatic rings. The first-order valence-corrected chi connectivity index (χ1v) is 10.7. The summed E-state index contributed by atoms with van der Waals surface area (Å²) in [4.78, 5) is 0. The van der Waals surface area contributed by atoms with Crippen LogP contribution in [0.2, 0.25) is 0 Å². The summed E-state index contributed by atoms with van der Waals surface area (Å²) in [5.41, 5.74) is 0. The molecule has 1 rings (SSSR count). The Morgan fingerprint density at radius 2 is 1.00 bits per heavy atom. The zero-order chi connectivity index (χ0) is 20.0. The summed E-state index contributed by atoms with van der Waals surface area (Å²) >= 11 is 5.49.